The molecule has 14 aromatic rings. The fourth-order valence-electron chi connectivity index (χ4n) is 10.2. The van der Waals surface area contributed by atoms with Gasteiger partial charge in [-0.25, -0.2) is 53.6 Å². The predicted molar refractivity (Wildman–Crippen MR) is 315 cm³/mol. The largest absolute Gasteiger partial charge is 0.308 e. The van der Waals surface area contributed by atoms with Crippen LogP contribution in [0.15, 0.2) is 255 Å². The summed E-state index contributed by atoms with van der Waals surface area (Å²) in [6, 6.07) is 80.6. The highest BCUT2D eigenvalue weighted by Crippen LogP contribution is 2.41. The third-order valence-corrected chi connectivity index (χ3v) is 14.1. The Labute approximate surface area is 463 Å². The molecule has 0 amide bonds. The molecular formula is C69H42F2N10. The zero-order chi connectivity index (χ0) is 54.2. The van der Waals surface area contributed by atoms with Gasteiger partial charge in [-0.3, -0.25) is 0 Å². The van der Waals surface area contributed by atoms with Crippen molar-refractivity contribution in [3.8, 4) is 119 Å². The Morgan fingerprint density at radius 2 is 0.543 bits per heavy atom. The zero-order valence-electron chi connectivity index (χ0n) is 43.0. The summed E-state index contributed by atoms with van der Waals surface area (Å²) in [5, 5.41) is 1.83. The smallest absolute Gasteiger partial charge is 0.166 e. The van der Waals surface area contributed by atoms with Crippen LogP contribution in [0.2, 0.25) is 0 Å². The van der Waals surface area contributed by atoms with Gasteiger partial charge in [-0.1, -0.05) is 212 Å². The van der Waals surface area contributed by atoms with Crippen LogP contribution < -0.4 is 0 Å². The van der Waals surface area contributed by atoms with Crippen LogP contribution in [0, 0.1) is 11.6 Å². The van der Waals surface area contributed by atoms with Crippen LogP contribution in [0.4, 0.5) is 8.78 Å². The van der Waals surface area contributed by atoms with E-state index in [1.807, 2.05) is 212 Å². The predicted octanol–water partition coefficient (Wildman–Crippen LogP) is 16.3. The lowest BCUT2D eigenvalue weighted by Gasteiger charge is -2.17. The molecule has 0 spiro atoms. The van der Waals surface area contributed by atoms with E-state index in [4.69, 9.17) is 44.9 Å². The molecule has 10 aromatic carbocycles. The number of benzene rings is 10. The first kappa shape index (κ1) is 48.3. The van der Waals surface area contributed by atoms with Gasteiger partial charge in [0, 0.05) is 72.5 Å². The molecule has 0 N–H and O–H groups in total. The van der Waals surface area contributed by atoms with Gasteiger partial charge in [-0.05, 0) is 42.0 Å². The lowest BCUT2D eigenvalue weighted by molar-refractivity contribution is 0.585. The molecule has 14 rings (SSSR count). The van der Waals surface area contributed by atoms with Gasteiger partial charge in [0.05, 0.1) is 16.7 Å². The maximum atomic E-state index is 16.1. The molecule has 81 heavy (non-hydrogen) atoms. The second kappa shape index (κ2) is 20.7. The fourth-order valence-corrected chi connectivity index (χ4v) is 10.2. The Morgan fingerprint density at radius 3 is 0.877 bits per heavy atom. The highest BCUT2D eigenvalue weighted by Gasteiger charge is 2.24. The van der Waals surface area contributed by atoms with E-state index in [9.17, 15) is 4.39 Å². The summed E-state index contributed by atoms with van der Waals surface area (Å²) in [5.74, 6) is 2.83. The topological polar surface area (TPSA) is 121 Å². The Kier molecular flexibility index (Phi) is 12.3. The molecule has 4 heterocycles. The normalized spacial score (nSPS) is 11.3. The molecule has 0 aliphatic heterocycles. The molecule has 0 bridgehead atoms. The maximum Gasteiger partial charge on any atom is 0.166 e. The number of halogens is 2. The molecule has 0 aliphatic rings. The van der Waals surface area contributed by atoms with Gasteiger partial charge >= 0.3 is 0 Å². The van der Waals surface area contributed by atoms with Crippen LogP contribution in [-0.2, 0) is 0 Å². The van der Waals surface area contributed by atoms with E-state index < -0.39 is 11.6 Å². The number of nitrogens with zero attached hydrogens (tertiary/aromatic N) is 10. The minimum absolute atomic E-state index is 0.202. The van der Waals surface area contributed by atoms with E-state index in [0.29, 0.717) is 69.2 Å². The van der Waals surface area contributed by atoms with Gasteiger partial charge in [0.1, 0.15) is 11.6 Å². The first-order valence-electron chi connectivity index (χ1n) is 26.2. The van der Waals surface area contributed by atoms with Gasteiger partial charge in [0.15, 0.2) is 52.4 Å². The fraction of sp³-hybridized carbons (Fsp3) is 0. The molecule has 0 saturated heterocycles. The first-order valence-corrected chi connectivity index (χ1v) is 26.2. The van der Waals surface area contributed by atoms with Crippen LogP contribution in [0.3, 0.4) is 0 Å². The molecule has 0 radical (unpaired) electrons. The van der Waals surface area contributed by atoms with Crippen molar-refractivity contribution >= 4 is 21.8 Å². The molecule has 12 heteroatoms. The second-order valence-corrected chi connectivity index (χ2v) is 19.3. The average Bonchev–Trinajstić information content (AvgIpc) is 4.01. The monoisotopic (exact) mass is 1050 g/mol. The van der Waals surface area contributed by atoms with Gasteiger partial charge in [-0.15, -0.1) is 0 Å². The molecular weight excluding hydrogens is 1010 g/mol. The van der Waals surface area contributed by atoms with Crippen LogP contribution in [0.25, 0.3) is 141 Å². The van der Waals surface area contributed by atoms with Crippen LogP contribution >= 0.6 is 0 Å². The highest BCUT2D eigenvalue weighted by atomic mass is 19.1. The van der Waals surface area contributed by atoms with Crippen LogP contribution in [0.1, 0.15) is 0 Å². The Morgan fingerprint density at radius 1 is 0.235 bits per heavy atom. The Hall–Kier alpha value is -11.1. The van der Waals surface area contributed by atoms with E-state index in [2.05, 4.69) is 28.8 Å². The van der Waals surface area contributed by atoms with Crippen molar-refractivity contribution in [2.24, 2.45) is 0 Å². The van der Waals surface area contributed by atoms with Crippen molar-refractivity contribution in [2.45, 2.75) is 0 Å². The summed E-state index contributed by atoms with van der Waals surface area (Å²) in [7, 11) is 0. The van der Waals surface area contributed by atoms with Crippen molar-refractivity contribution < 1.29 is 8.78 Å². The van der Waals surface area contributed by atoms with E-state index in [0.717, 1.165) is 72.4 Å². The zero-order valence-corrected chi connectivity index (χ0v) is 43.0. The lowest BCUT2D eigenvalue weighted by Crippen LogP contribution is -2.04. The SMILES string of the molecule is Fc1ccc(-c2ccc(-n3c4cc(-c5nc(-c6ccccc6)nc(-c6ccccc6)n5)ccc4c4ccc(-c5nc(-c6ccccc6)nc(-c6ccccc6)n5)cc43)c(-c3nc(-c4ccccc4)nc(-c4ccccc4)n3)c2)c(F)c1. The first-order chi connectivity index (χ1) is 39.9. The summed E-state index contributed by atoms with van der Waals surface area (Å²) in [5.41, 5.74) is 9.82. The van der Waals surface area contributed by atoms with Crippen LogP contribution in [-0.4, -0.2) is 49.4 Å². The lowest BCUT2D eigenvalue weighted by atomic mass is 10.00. The number of rotatable bonds is 11. The molecule has 0 unspecified atom stereocenters. The van der Waals surface area contributed by atoms with Gasteiger partial charge in [0.25, 0.3) is 0 Å². The third kappa shape index (κ3) is 9.42. The second-order valence-electron chi connectivity index (χ2n) is 19.3. The summed E-state index contributed by atoms with van der Waals surface area (Å²) in [6.45, 7) is 0. The van der Waals surface area contributed by atoms with Crippen molar-refractivity contribution in [1.82, 2.24) is 49.4 Å². The van der Waals surface area contributed by atoms with Crippen molar-refractivity contribution in [3.05, 3.63) is 266 Å². The number of hydrogen-bond donors (Lipinski definition) is 0. The summed E-state index contributed by atoms with van der Waals surface area (Å²) < 4.78 is 32.9. The Balaban J connectivity index is 1.07. The quantitative estimate of drug-likeness (QED) is 0.125. The maximum absolute atomic E-state index is 16.1. The van der Waals surface area contributed by atoms with Gasteiger partial charge in [-0.2, -0.15) is 0 Å². The van der Waals surface area contributed by atoms with E-state index in [1.54, 1.807) is 0 Å². The molecule has 0 saturated carbocycles. The average molecular weight is 1050 g/mol. The molecule has 0 fully saturated rings. The standard InChI is InChI=1S/C69H42F2N10/c70-52-34-37-53(57(71)42-52)49-33-38-58(56(39-49)69-79-65(47-27-15-5-16-28-47)74-66(80-69)48-29-17-6-18-30-48)81-59-40-50(67-75-61(43-19-7-1-8-20-43)72-62(76-67)44-21-9-2-10-22-44)31-35-54(59)55-36-32-51(41-60(55)81)68-77-63(45-23-11-3-12-24-45)73-64(78-68)46-25-13-4-14-26-46/h1-42H. The minimum atomic E-state index is -0.713. The number of fused-ring (bicyclic) bond motifs is 3. The molecule has 4 aromatic heterocycles. The summed E-state index contributed by atoms with van der Waals surface area (Å²) in [6.07, 6.45) is 0. The van der Waals surface area contributed by atoms with Gasteiger partial charge < -0.3 is 4.57 Å². The number of hydrogen-bond acceptors (Lipinski definition) is 9. The molecule has 0 aliphatic carbocycles. The summed E-state index contributed by atoms with van der Waals surface area (Å²) in [4.78, 5) is 46.1. The molecule has 0 atom stereocenters. The Bertz CT molecular complexity index is 4290. The van der Waals surface area contributed by atoms with E-state index in [-0.39, 0.29) is 5.56 Å². The highest BCUT2D eigenvalue weighted by molar-refractivity contribution is 6.11. The van der Waals surface area contributed by atoms with Gasteiger partial charge in [0.2, 0.25) is 0 Å². The minimum Gasteiger partial charge on any atom is -0.308 e. The number of aromatic nitrogens is 10. The van der Waals surface area contributed by atoms with Crippen molar-refractivity contribution in [2.75, 3.05) is 0 Å². The molecule has 10 nitrogen and oxygen atoms in total. The molecule has 382 valence electrons. The van der Waals surface area contributed by atoms with Crippen molar-refractivity contribution in [3.63, 3.8) is 0 Å². The van der Waals surface area contributed by atoms with E-state index in [1.165, 1.54) is 12.1 Å². The third-order valence-electron chi connectivity index (χ3n) is 14.1. The van der Waals surface area contributed by atoms with Crippen LogP contribution in [0.5, 0.6) is 0 Å². The van der Waals surface area contributed by atoms with E-state index >= 15 is 4.39 Å². The van der Waals surface area contributed by atoms with Crippen molar-refractivity contribution in [1.29, 1.82) is 0 Å². The summed E-state index contributed by atoms with van der Waals surface area (Å²) >= 11 is 0.